The van der Waals surface area contributed by atoms with Gasteiger partial charge in [-0.05, 0) is 42.0 Å². The first-order chi connectivity index (χ1) is 14.2. The molecule has 30 heavy (non-hydrogen) atoms. The quantitative estimate of drug-likeness (QED) is 0.416. The van der Waals surface area contributed by atoms with Crippen LogP contribution < -0.4 is 10.1 Å². The van der Waals surface area contributed by atoms with E-state index in [2.05, 4.69) is 5.32 Å². The Morgan fingerprint density at radius 1 is 0.967 bits per heavy atom. The van der Waals surface area contributed by atoms with Crippen molar-refractivity contribution in [2.45, 2.75) is 6.42 Å². The maximum atomic E-state index is 11.2. The fraction of sp³-hybridized carbons (Fsp3) is 0.0476. The second kappa shape index (κ2) is 9.26. The molecular formula is C21H14Cl3NO5. The highest BCUT2D eigenvalue weighted by atomic mass is 35.5. The van der Waals surface area contributed by atoms with E-state index in [9.17, 15) is 14.7 Å². The van der Waals surface area contributed by atoms with Gasteiger partial charge in [0.2, 0.25) is 0 Å². The zero-order chi connectivity index (χ0) is 21.8. The largest absolute Gasteiger partial charge is 0.505 e. The molecule has 0 atom stereocenters. The normalized spacial score (nSPS) is 10.5. The van der Waals surface area contributed by atoms with Crippen LogP contribution in [0.25, 0.3) is 0 Å². The highest BCUT2D eigenvalue weighted by Crippen LogP contribution is 2.42. The number of carbonyl (C=O) groups is 2. The van der Waals surface area contributed by atoms with Crippen molar-refractivity contribution in [1.82, 2.24) is 0 Å². The summed E-state index contributed by atoms with van der Waals surface area (Å²) in [6, 6.07) is 14.6. The van der Waals surface area contributed by atoms with Crippen molar-refractivity contribution in [3.63, 3.8) is 0 Å². The maximum Gasteiger partial charge on any atom is 0.394 e. The summed E-state index contributed by atoms with van der Waals surface area (Å²) >= 11 is 18.3. The molecule has 154 valence electrons. The number of halogens is 3. The van der Waals surface area contributed by atoms with Crippen molar-refractivity contribution in [3.05, 3.63) is 80.8 Å². The van der Waals surface area contributed by atoms with Crippen LogP contribution in [0.15, 0.2) is 54.6 Å². The number of anilines is 1. The molecule has 0 spiro atoms. The van der Waals surface area contributed by atoms with Crippen molar-refractivity contribution in [2.75, 3.05) is 5.32 Å². The topological polar surface area (TPSA) is 95.9 Å². The van der Waals surface area contributed by atoms with Crippen molar-refractivity contribution < 1.29 is 24.5 Å². The number of phenols is 1. The van der Waals surface area contributed by atoms with Crippen LogP contribution in [0.4, 0.5) is 5.69 Å². The van der Waals surface area contributed by atoms with Crippen LogP contribution in [0.3, 0.4) is 0 Å². The van der Waals surface area contributed by atoms with Gasteiger partial charge in [0.05, 0.1) is 10.0 Å². The molecule has 0 aliphatic rings. The number of benzene rings is 3. The van der Waals surface area contributed by atoms with E-state index < -0.39 is 11.9 Å². The minimum absolute atomic E-state index is 0.0280. The molecule has 0 unspecified atom stereocenters. The third kappa shape index (κ3) is 5.16. The molecule has 0 aromatic heterocycles. The summed E-state index contributed by atoms with van der Waals surface area (Å²) in [6.45, 7) is 0. The van der Waals surface area contributed by atoms with Gasteiger partial charge in [0.25, 0.3) is 0 Å². The van der Waals surface area contributed by atoms with Crippen LogP contribution >= 0.6 is 34.8 Å². The first-order valence-corrected chi connectivity index (χ1v) is 9.64. The second-order valence-corrected chi connectivity index (χ2v) is 7.41. The monoisotopic (exact) mass is 465 g/mol. The summed E-state index contributed by atoms with van der Waals surface area (Å²) in [6.07, 6.45) is 0.350. The Hall–Kier alpha value is -2.93. The Kier molecular flexibility index (Phi) is 6.72. The molecule has 0 radical (unpaired) electrons. The molecule has 0 bridgehead atoms. The number of aliphatic carboxylic acids is 1. The van der Waals surface area contributed by atoms with Gasteiger partial charge in [-0.2, -0.15) is 0 Å². The smallest absolute Gasteiger partial charge is 0.394 e. The maximum absolute atomic E-state index is 11.2. The fourth-order valence-electron chi connectivity index (χ4n) is 2.61. The Bertz CT molecular complexity index is 1100. The van der Waals surface area contributed by atoms with E-state index >= 15 is 0 Å². The Morgan fingerprint density at radius 3 is 2.20 bits per heavy atom. The van der Waals surface area contributed by atoms with E-state index in [4.69, 9.17) is 44.6 Å². The van der Waals surface area contributed by atoms with Crippen LogP contribution in [0.2, 0.25) is 15.1 Å². The van der Waals surface area contributed by atoms with Gasteiger partial charge in [-0.3, -0.25) is 4.79 Å². The number of hydrogen-bond acceptors (Lipinski definition) is 4. The van der Waals surface area contributed by atoms with Gasteiger partial charge < -0.3 is 20.3 Å². The predicted molar refractivity (Wildman–Crippen MR) is 115 cm³/mol. The number of ether oxygens (including phenoxy) is 1. The van der Waals surface area contributed by atoms with Gasteiger partial charge in [0.15, 0.2) is 5.75 Å². The number of aromatic hydroxyl groups is 1. The lowest BCUT2D eigenvalue weighted by Gasteiger charge is -2.15. The van der Waals surface area contributed by atoms with Gasteiger partial charge in [-0.25, -0.2) is 4.79 Å². The summed E-state index contributed by atoms with van der Waals surface area (Å²) in [5, 5.41) is 21.7. The van der Waals surface area contributed by atoms with Crippen LogP contribution in [0, 0.1) is 0 Å². The molecule has 9 heteroatoms. The molecule has 1 amide bonds. The minimum atomic E-state index is -1.59. The molecule has 6 nitrogen and oxygen atoms in total. The number of carbonyl (C=O) groups excluding carboxylic acids is 1. The van der Waals surface area contributed by atoms with Gasteiger partial charge in [0, 0.05) is 28.8 Å². The van der Waals surface area contributed by atoms with E-state index in [1.807, 2.05) is 12.1 Å². The van der Waals surface area contributed by atoms with Gasteiger partial charge in [-0.15, -0.1) is 0 Å². The Labute approximate surface area is 186 Å². The van der Waals surface area contributed by atoms with Crippen LogP contribution in [-0.4, -0.2) is 22.1 Å². The third-order valence-electron chi connectivity index (χ3n) is 4.08. The third-order valence-corrected chi connectivity index (χ3v) is 5.03. The molecule has 3 rings (SSSR count). The lowest BCUT2D eigenvalue weighted by molar-refractivity contribution is -0.147. The molecule has 0 saturated heterocycles. The first kappa shape index (κ1) is 21.8. The van der Waals surface area contributed by atoms with Crippen molar-refractivity contribution in [2.24, 2.45) is 0 Å². The molecule has 3 aromatic rings. The molecule has 3 N–H and O–H groups in total. The number of phenolic OH excluding ortho intramolecular Hbond substituents is 1. The van der Waals surface area contributed by atoms with Crippen LogP contribution in [0.1, 0.15) is 11.1 Å². The molecule has 3 aromatic carbocycles. The zero-order valence-corrected chi connectivity index (χ0v) is 17.4. The highest BCUT2D eigenvalue weighted by Gasteiger charge is 2.18. The Morgan fingerprint density at radius 2 is 1.60 bits per heavy atom. The van der Waals surface area contributed by atoms with Crippen LogP contribution in [0.5, 0.6) is 17.2 Å². The van der Waals surface area contributed by atoms with E-state index in [-0.39, 0.29) is 21.5 Å². The molecule has 0 aliphatic carbocycles. The van der Waals surface area contributed by atoms with Crippen molar-refractivity contribution in [1.29, 1.82) is 0 Å². The summed E-state index contributed by atoms with van der Waals surface area (Å²) in [5.74, 6) is -2.26. The molecule has 0 saturated carbocycles. The van der Waals surface area contributed by atoms with Crippen LogP contribution in [-0.2, 0) is 16.0 Å². The lowest BCUT2D eigenvalue weighted by atomic mass is 10.0. The molecule has 0 heterocycles. The predicted octanol–water partition coefficient (Wildman–Crippen LogP) is 5.76. The molecule has 0 fully saturated rings. The fourth-order valence-corrected chi connectivity index (χ4v) is 3.24. The molecular weight excluding hydrogens is 453 g/mol. The van der Waals surface area contributed by atoms with E-state index in [0.29, 0.717) is 28.5 Å². The number of rotatable bonds is 5. The van der Waals surface area contributed by atoms with E-state index in [1.54, 1.807) is 12.1 Å². The number of hydrogen-bond donors (Lipinski definition) is 3. The minimum Gasteiger partial charge on any atom is -0.505 e. The SMILES string of the molecule is O=C(O)C(=O)Nc1ccc(Oc2cc(Cl)c(O)c(Cl)c2Cc2ccc(Cl)cc2)cc1. The summed E-state index contributed by atoms with van der Waals surface area (Å²) in [5.41, 5.74) is 1.70. The molecule has 0 aliphatic heterocycles. The second-order valence-electron chi connectivity index (χ2n) is 6.19. The zero-order valence-electron chi connectivity index (χ0n) is 15.2. The van der Waals surface area contributed by atoms with E-state index in [0.717, 1.165) is 5.56 Å². The first-order valence-electron chi connectivity index (χ1n) is 8.51. The number of carboxylic acids is 1. The Balaban J connectivity index is 1.88. The average Bonchev–Trinajstić information content (AvgIpc) is 2.72. The lowest BCUT2D eigenvalue weighted by Crippen LogP contribution is -2.21. The summed E-state index contributed by atoms with van der Waals surface area (Å²) in [7, 11) is 0. The summed E-state index contributed by atoms with van der Waals surface area (Å²) in [4.78, 5) is 21.9. The highest BCUT2D eigenvalue weighted by molar-refractivity contribution is 6.38. The number of carboxylic acid groups (broad SMARTS) is 1. The van der Waals surface area contributed by atoms with Gasteiger partial charge >= 0.3 is 11.9 Å². The average molecular weight is 467 g/mol. The number of amides is 1. The summed E-state index contributed by atoms with van der Waals surface area (Å²) < 4.78 is 5.89. The van der Waals surface area contributed by atoms with Gasteiger partial charge in [0.1, 0.15) is 11.5 Å². The van der Waals surface area contributed by atoms with Gasteiger partial charge in [-0.1, -0.05) is 46.9 Å². The van der Waals surface area contributed by atoms with Crippen molar-refractivity contribution in [3.8, 4) is 17.2 Å². The number of nitrogens with one attached hydrogen (secondary N) is 1. The van der Waals surface area contributed by atoms with E-state index in [1.165, 1.54) is 30.3 Å². The standard InChI is InChI=1S/C21H14Cl3NO5/c22-12-3-1-11(2-4-12)9-15-17(10-16(23)19(26)18(15)24)30-14-7-5-13(6-8-14)25-20(27)21(28)29/h1-8,10,26H,9H2,(H,25,27)(H,28,29). The van der Waals surface area contributed by atoms with Crippen molar-refractivity contribution >= 4 is 52.4 Å².